The second-order valence-corrected chi connectivity index (χ2v) is 6.04. The summed E-state index contributed by atoms with van der Waals surface area (Å²) in [6, 6.07) is 12.4. The van der Waals surface area contributed by atoms with Crippen LogP contribution in [0.15, 0.2) is 53.4 Å². The highest BCUT2D eigenvalue weighted by Gasteiger charge is 2.14. The van der Waals surface area contributed by atoms with Gasteiger partial charge in [-0.25, -0.2) is 8.42 Å². The van der Waals surface area contributed by atoms with Gasteiger partial charge in [0.2, 0.25) is 5.91 Å². The molecule has 0 heterocycles. The van der Waals surface area contributed by atoms with Crippen LogP contribution in [0.3, 0.4) is 0 Å². The average molecular weight is 290 g/mol. The zero-order chi connectivity index (χ0) is 14.8. The van der Waals surface area contributed by atoms with Gasteiger partial charge in [0.05, 0.1) is 4.90 Å². The highest BCUT2D eigenvalue weighted by Crippen LogP contribution is 2.17. The third-order valence-electron chi connectivity index (χ3n) is 2.75. The SMILES string of the molecule is Cc1ccc(NS(=O)(=O)c2ccc(C(N)=O)cc2)cc1. The molecular formula is C14H14N2O3S. The van der Waals surface area contributed by atoms with Gasteiger partial charge in [-0.15, -0.1) is 0 Å². The van der Waals surface area contributed by atoms with Gasteiger partial charge in [-0.2, -0.15) is 0 Å². The summed E-state index contributed by atoms with van der Waals surface area (Å²) in [6.07, 6.45) is 0. The van der Waals surface area contributed by atoms with Gasteiger partial charge in [-0.05, 0) is 43.3 Å². The fraction of sp³-hybridized carbons (Fsp3) is 0.0714. The average Bonchev–Trinajstić information content (AvgIpc) is 2.41. The molecule has 2 aromatic rings. The first-order valence-corrected chi connectivity index (χ1v) is 7.36. The molecule has 0 unspecified atom stereocenters. The minimum Gasteiger partial charge on any atom is -0.366 e. The first-order chi connectivity index (χ1) is 9.38. The lowest BCUT2D eigenvalue weighted by Gasteiger charge is -2.08. The lowest BCUT2D eigenvalue weighted by molar-refractivity contribution is 0.1000. The number of carbonyl (C=O) groups excluding carboxylic acids is 1. The highest BCUT2D eigenvalue weighted by atomic mass is 32.2. The maximum Gasteiger partial charge on any atom is 0.261 e. The predicted octanol–water partition coefficient (Wildman–Crippen LogP) is 1.89. The molecule has 0 saturated carbocycles. The van der Waals surface area contributed by atoms with Gasteiger partial charge >= 0.3 is 0 Å². The number of amides is 1. The number of aryl methyl sites for hydroxylation is 1. The Morgan fingerprint density at radius 3 is 2.05 bits per heavy atom. The molecule has 0 aliphatic rings. The van der Waals surface area contributed by atoms with Gasteiger partial charge in [0.25, 0.3) is 10.0 Å². The van der Waals surface area contributed by atoms with Crippen molar-refractivity contribution in [3.8, 4) is 0 Å². The summed E-state index contributed by atoms with van der Waals surface area (Å²) in [4.78, 5) is 11.0. The third kappa shape index (κ3) is 3.16. The summed E-state index contributed by atoms with van der Waals surface area (Å²) in [5.74, 6) is -0.597. The molecule has 0 saturated heterocycles. The van der Waals surface area contributed by atoms with E-state index in [4.69, 9.17) is 5.73 Å². The van der Waals surface area contributed by atoms with Crippen molar-refractivity contribution in [1.29, 1.82) is 0 Å². The Bertz CT molecular complexity index is 720. The van der Waals surface area contributed by atoms with Crippen LogP contribution in [0, 0.1) is 6.92 Å². The van der Waals surface area contributed by atoms with Crippen LogP contribution in [0.5, 0.6) is 0 Å². The molecule has 0 aliphatic carbocycles. The maximum atomic E-state index is 12.1. The Morgan fingerprint density at radius 2 is 1.55 bits per heavy atom. The van der Waals surface area contributed by atoms with Crippen LogP contribution in [0.2, 0.25) is 0 Å². The quantitative estimate of drug-likeness (QED) is 0.901. The molecule has 6 heteroatoms. The number of nitrogens with one attached hydrogen (secondary N) is 1. The molecule has 104 valence electrons. The van der Waals surface area contributed by atoms with Gasteiger partial charge in [0, 0.05) is 11.3 Å². The van der Waals surface area contributed by atoms with E-state index in [9.17, 15) is 13.2 Å². The maximum absolute atomic E-state index is 12.1. The minimum absolute atomic E-state index is 0.0723. The number of nitrogens with two attached hydrogens (primary N) is 1. The number of sulfonamides is 1. The van der Waals surface area contributed by atoms with Crippen LogP contribution in [-0.4, -0.2) is 14.3 Å². The van der Waals surface area contributed by atoms with E-state index in [-0.39, 0.29) is 10.5 Å². The molecule has 5 nitrogen and oxygen atoms in total. The van der Waals surface area contributed by atoms with Crippen molar-refractivity contribution in [1.82, 2.24) is 0 Å². The number of hydrogen-bond donors (Lipinski definition) is 2. The van der Waals surface area contributed by atoms with Crippen molar-refractivity contribution in [3.63, 3.8) is 0 Å². The number of primary amides is 1. The Labute approximate surface area is 117 Å². The molecule has 0 aliphatic heterocycles. The highest BCUT2D eigenvalue weighted by molar-refractivity contribution is 7.92. The molecule has 0 spiro atoms. The zero-order valence-corrected chi connectivity index (χ0v) is 11.6. The number of benzene rings is 2. The van der Waals surface area contributed by atoms with E-state index >= 15 is 0 Å². The predicted molar refractivity (Wildman–Crippen MR) is 76.9 cm³/mol. The molecule has 3 N–H and O–H groups in total. The zero-order valence-electron chi connectivity index (χ0n) is 10.8. The monoisotopic (exact) mass is 290 g/mol. The summed E-state index contributed by atoms with van der Waals surface area (Å²) in [5.41, 5.74) is 6.89. The van der Waals surface area contributed by atoms with Gasteiger partial charge in [-0.1, -0.05) is 17.7 Å². The van der Waals surface area contributed by atoms with E-state index in [2.05, 4.69) is 4.72 Å². The first kappa shape index (κ1) is 14.1. The molecule has 20 heavy (non-hydrogen) atoms. The number of hydrogen-bond acceptors (Lipinski definition) is 3. The largest absolute Gasteiger partial charge is 0.366 e. The van der Waals surface area contributed by atoms with Crippen molar-refractivity contribution >= 4 is 21.6 Å². The summed E-state index contributed by atoms with van der Waals surface area (Å²) in [7, 11) is -3.67. The summed E-state index contributed by atoms with van der Waals surface area (Å²) >= 11 is 0. The van der Waals surface area contributed by atoms with Crippen molar-refractivity contribution in [2.24, 2.45) is 5.73 Å². The lowest BCUT2D eigenvalue weighted by Crippen LogP contribution is -2.14. The molecule has 0 atom stereocenters. The summed E-state index contributed by atoms with van der Waals surface area (Å²) in [5, 5.41) is 0. The van der Waals surface area contributed by atoms with Gasteiger partial charge < -0.3 is 5.73 Å². The van der Waals surface area contributed by atoms with E-state index in [0.717, 1.165) is 5.56 Å². The molecule has 0 fully saturated rings. The summed E-state index contributed by atoms with van der Waals surface area (Å²) in [6.45, 7) is 1.92. The van der Waals surface area contributed by atoms with Gasteiger partial charge in [0.15, 0.2) is 0 Å². The lowest BCUT2D eigenvalue weighted by atomic mass is 10.2. The standard InChI is InChI=1S/C14H14N2O3S/c1-10-2-6-12(7-3-10)16-20(18,19)13-8-4-11(5-9-13)14(15)17/h2-9,16H,1H3,(H2,15,17). The Balaban J connectivity index is 2.26. The van der Waals surface area contributed by atoms with Crippen molar-refractivity contribution < 1.29 is 13.2 Å². The van der Waals surface area contributed by atoms with Crippen molar-refractivity contribution in [2.45, 2.75) is 11.8 Å². The Hall–Kier alpha value is -2.34. The van der Waals surface area contributed by atoms with Crippen LogP contribution in [0.4, 0.5) is 5.69 Å². The first-order valence-electron chi connectivity index (χ1n) is 5.88. The Kier molecular flexibility index (Phi) is 3.76. The molecule has 1 amide bonds. The van der Waals surface area contributed by atoms with E-state index in [0.29, 0.717) is 5.69 Å². The van der Waals surface area contributed by atoms with E-state index < -0.39 is 15.9 Å². The second kappa shape index (κ2) is 5.34. The summed E-state index contributed by atoms with van der Waals surface area (Å²) < 4.78 is 26.7. The van der Waals surface area contributed by atoms with Gasteiger partial charge in [-0.3, -0.25) is 9.52 Å². The molecule has 0 radical (unpaired) electrons. The smallest absolute Gasteiger partial charge is 0.261 e. The topological polar surface area (TPSA) is 89.3 Å². The molecule has 2 aromatic carbocycles. The molecule has 2 rings (SSSR count). The number of rotatable bonds is 4. The fourth-order valence-corrected chi connectivity index (χ4v) is 2.69. The Morgan fingerprint density at radius 1 is 1.00 bits per heavy atom. The molecule has 0 aromatic heterocycles. The van der Waals surface area contributed by atoms with E-state index in [1.807, 2.05) is 19.1 Å². The molecular weight excluding hydrogens is 276 g/mol. The van der Waals surface area contributed by atoms with Crippen molar-refractivity contribution in [3.05, 3.63) is 59.7 Å². The minimum atomic E-state index is -3.67. The fourth-order valence-electron chi connectivity index (χ4n) is 1.63. The van der Waals surface area contributed by atoms with Gasteiger partial charge in [0.1, 0.15) is 0 Å². The number of anilines is 1. The van der Waals surface area contributed by atoms with Crippen LogP contribution < -0.4 is 10.5 Å². The number of carbonyl (C=O) groups is 1. The van der Waals surface area contributed by atoms with Crippen molar-refractivity contribution in [2.75, 3.05) is 4.72 Å². The second-order valence-electron chi connectivity index (χ2n) is 4.36. The normalized spacial score (nSPS) is 11.1. The van der Waals surface area contributed by atoms with E-state index in [1.54, 1.807) is 12.1 Å². The van der Waals surface area contributed by atoms with Crippen LogP contribution in [-0.2, 0) is 10.0 Å². The van der Waals surface area contributed by atoms with Crippen LogP contribution in [0.25, 0.3) is 0 Å². The third-order valence-corrected chi connectivity index (χ3v) is 4.15. The van der Waals surface area contributed by atoms with E-state index in [1.165, 1.54) is 24.3 Å². The van der Waals surface area contributed by atoms with Crippen LogP contribution >= 0.6 is 0 Å². The molecule has 0 bridgehead atoms. The van der Waals surface area contributed by atoms with Crippen LogP contribution in [0.1, 0.15) is 15.9 Å².